The summed E-state index contributed by atoms with van der Waals surface area (Å²) in [6, 6.07) is 21.2. The molecule has 4 N–H and O–H groups in total. The molecular weight excluding hydrogens is 620 g/mol. The van der Waals surface area contributed by atoms with Crippen molar-refractivity contribution >= 4 is 29.3 Å². The van der Waals surface area contributed by atoms with Crippen molar-refractivity contribution in [2.45, 2.75) is 82.6 Å². The highest BCUT2D eigenvalue weighted by Gasteiger charge is 2.51. The summed E-state index contributed by atoms with van der Waals surface area (Å²) in [5.74, 6) is 0.0108. The Bertz CT molecular complexity index is 1480. The topological polar surface area (TPSA) is 166 Å². The number of carbonyl (C=O) groups is 3. The summed E-state index contributed by atoms with van der Waals surface area (Å²) in [7, 11) is 0. The second kappa shape index (κ2) is 18.2. The molecule has 1 fully saturated rings. The van der Waals surface area contributed by atoms with Gasteiger partial charge in [-0.25, -0.2) is 9.59 Å². The first-order valence-corrected chi connectivity index (χ1v) is 16.2. The van der Waals surface area contributed by atoms with Gasteiger partial charge in [-0.1, -0.05) is 63.1 Å². The van der Waals surface area contributed by atoms with E-state index >= 15 is 0 Å². The van der Waals surface area contributed by atoms with Crippen molar-refractivity contribution in [3.63, 3.8) is 0 Å². The minimum Gasteiger partial charge on any atom is -0.463 e. The predicted molar refractivity (Wildman–Crippen MR) is 177 cm³/mol. The van der Waals surface area contributed by atoms with Gasteiger partial charge in [-0.3, -0.25) is 15.4 Å². The third-order valence-electron chi connectivity index (χ3n) is 7.60. The highest BCUT2D eigenvalue weighted by atomic mass is 16.8. The Hall–Kier alpha value is -4.49. The van der Waals surface area contributed by atoms with Gasteiger partial charge in [0, 0.05) is 24.2 Å². The van der Waals surface area contributed by atoms with Crippen molar-refractivity contribution in [2.24, 2.45) is 0 Å². The van der Waals surface area contributed by atoms with E-state index in [9.17, 15) is 24.6 Å². The van der Waals surface area contributed by atoms with E-state index in [2.05, 4.69) is 24.5 Å². The molecule has 258 valence electrons. The van der Waals surface area contributed by atoms with E-state index in [1.165, 1.54) is 6.08 Å². The summed E-state index contributed by atoms with van der Waals surface area (Å²) in [6.45, 7) is 3.78. The zero-order valence-electron chi connectivity index (χ0n) is 27.2. The molecule has 12 nitrogen and oxygen atoms in total. The molecule has 2 bridgehead atoms. The fourth-order valence-electron chi connectivity index (χ4n) is 5.00. The van der Waals surface area contributed by atoms with Gasteiger partial charge in [0.1, 0.15) is 43.0 Å². The number of aliphatic hydroxyl groups excluding tert-OH is 2. The molecule has 12 heteroatoms. The van der Waals surface area contributed by atoms with E-state index in [-0.39, 0.29) is 24.8 Å². The first kappa shape index (κ1) is 36.3. The summed E-state index contributed by atoms with van der Waals surface area (Å²) in [6.07, 6.45) is 3.51. The van der Waals surface area contributed by atoms with Crippen LogP contribution in [-0.2, 0) is 30.2 Å². The molecular formula is C36H44N2O10. The van der Waals surface area contributed by atoms with Crippen molar-refractivity contribution in [1.29, 1.82) is 0 Å². The lowest BCUT2D eigenvalue weighted by molar-refractivity contribution is -0.156. The molecule has 1 saturated heterocycles. The summed E-state index contributed by atoms with van der Waals surface area (Å²) >= 11 is 0. The quantitative estimate of drug-likeness (QED) is 0.153. The number of hydrogen-bond acceptors (Lipinski definition) is 10. The van der Waals surface area contributed by atoms with Gasteiger partial charge < -0.3 is 33.6 Å². The number of fused-ring (bicyclic) bond motifs is 2. The Labute approximate surface area is 280 Å². The maximum atomic E-state index is 12.0. The highest BCUT2D eigenvalue weighted by Crippen LogP contribution is 2.38. The number of anilines is 2. The number of hydrogen-bond donors (Lipinski definition) is 4. The predicted octanol–water partition coefficient (Wildman–Crippen LogP) is 6.31. The van der Waals surface area contributed by atoms with E-state index in [0.29, 0.717) is 17.8 Å². The standard InChI is InChI=1S/C18H21NO5.C18H23NO5/c1-2-3-10-18-11-9-14(20)16(24-18)15(23-18)12-22-17(21)19-13-7-5-4-6-8-13;1-2-3-9-14-10-11-16(24-14)17(21)15(20)12-23-18(22)19-13-7-5-4-6-8-13/h4-9,11,15-16H,2-3,10,12H2,1H3,(H,19,21);4-8,10-11,15,17,20-21H,2-3,9,12H2,1H3,(H,19,22)/t;15-,17+/m.1/s1. The largest absolute Gasteiger partial charge is 0.463 e. The molecule has 2 aliphatic rings. The lowest BCUT2D eigenvalue weighted by atomic mass is 10.0. The number of furan rings is 1. The normalized spacial score (nSPS) is 20.6. The Morgan fingerprint density at radius 3 is 2.10 bits per heavy atom. The van der Waals surface area contributed by atoms with Crippen molar-refractivity contribution in [1.82, 2.24) is 0 Å². The van der Waals surface area contributed by atoms with Gasteiger partial charge in [0.2, 0.25) is 0 Å². The van der Waals surface area contributed by atoms with Crippen LogP contribution in [0.15, 0.2) is 89.4 Å². The number of aryl methyl sites for hydroxylation is 1. The van der Waals surface area contributed by atoms with Crippen molar-refractivity contribution < 1.29 is 48.0 Å². The molecule has 2 amide bonds. The second-order valence-electron chi connectivity index (χ2n) is 11.4. The van der Waals surface area contributed by atoms with E-state index in [1.54, 1.807) is 54.6 Å². The lowest BCUT2D eigenvalue weighted by Crippen LogP contribution is -2.36. The molecule has 0 radical (unpaired) electrons. The number of para-hydroxylation sites is 2. The minimum absolute atomic E-state index is 0.0371. The van der Waals surface area contributed by atoms with E-state index < -0.39 is 42.4 Å². The van der Waals surface area contributed by atoms with Crippen molar-refractivity contribution in [3.05, 3.63) is 96.5 Å². The van der Waals surface area contributed by atoms with Crippen LogP contribution in [-0.4, -0.2) is 65.5 Å². The van der Waals surface area contributed by atoms with Gasteiger partial charge in [-0.2, -0.15) is 0 Å². The van der Waals surface area contributed by atoms with Crippen LogP contribution >= 0.6 is 0 Å². The van der Waals surface area contributed by atoms with Gasteiger partial charge in [-0.05, 0) is 61.4 Å². The lowest BCUT2D eigenvalue weighted by Gasteiger charge is -2.26. The van der Waals surface area contributed by atoms with Crippen LogP contribution in [0, 0.1) is 0 Å². The zero-order valence-corrected chi connectivity index (χ0v) is 27.2. The van der Waals surface area contributed by atoms with Gasteiger partial charge in [-0.15, -0.1) is 0 Å². The third kappa shape index (κ3) is 10.8. The molecule has 1 aromatic heterocycles. The third-order valence-corrected chi connectivity index (χ3v) is 7.60. The molecule has 3 unspecified atom stereocenters. The Morgan fingerprint density at radius 2 is 1.48 bits per heavy atom. The van der Waals surface area contributed by atoms with Crippen molar-refractivity contribution in [3.8, 4) is 0 Å². The van der Waals surface area contributed by atoms with Gasteiger partial charge in [0.25, 0.3) is 0 Å². The zero-order chi connectivity index (χ0) is 34.4. The number of rotatable bonds is 14. The number of ketones is 1. The SMILES string of the molecule is CCCCC12C=CC(=O)C(O1)C(COC(=O)Nc1ccccc1)O2.CCCCc1ccc([C@@H](O)[C@H](O)COC(=O)Nc2ccccc2)o1. The summed E-state index contributed by atoms with van der Waals surface area (Å²) < 4.78 is 27.3. The number of nitrogens with one attached hydrogen (secondary N) is 2. The molecule has 3 aromatic rings. The molecule has 0 spiro atoms. The molecule has 3 heterocycles. The average Bonchev–Trinajstić information content (AvgIpc) is 3.70. The van der Waals surface area contributed by atoms with Crippen LogP contribution in [0.1, 0.15) is 63.6 Å². The number of carbonyl (C=O) groups excluding carboxylic acids is 3. The molecule has 2 aliphatic heterocycles. The maximum absolute atomic E-state index is 12.0. The van der Waals surface area contributed by atoms with Crippen LogP contribution in [0.5, 0.6) is 0 Å². The fourth-order valence-corrected chi connectivity index (χ4v) is 5.00. The van der Waals surface area contributed by atoms with E-state index in [1.807, 2.05) is 24.3 Å². The van der Waals surface area contributed by atoms with Gasteiger partial charge in [0.05, 0.1) is 0 Å². The average molecular weight is 665 g/mol. The second-order valence-corrected chi connectivity index (χ2v) is 11.4. The van der Waals surface area contributed by atoms with Crippen LogP contribution < -0.4 is 10.6 Å². The monoisotopic (exact) mass is 664 g/mol. The molecule has 2 aromatic carbocycles. The van der Waals surface area contributed by atoms with Crippen LogP contribution in [0.25, 0.3) is 0 Å². The van der Waals surface area contributed by atoms with E-state index in [4.69, 9.17) is 23.4 Å². The number of aliphatic hydroxyl groups is 2. The maximum Gasteiger partial charge on any atom is 0.411 e. The van der Waals surface area contributed by atoms with Crippen LogP contribution in [0.4, 0.5) is 21.0 Å². The number of benzene rings is 2. The minimum atomic E-state index is -1.27. The smallest absolute Gasteiger partial charge is 0.411 e. The van der Waals surface area contributed by atoms with Crippen LogP contribution in [0.2, 0.25) is 0 Å². The molecule has 48 heavy (non-hydrogen) atoms. The Kier molecular flexibility index (Phi) is 13.8. The number of ether oxygens (including phenoxy) is 4. The Morgan fingerprint density at radius 1 is 0.854 bits per heavy atom. The summed E-state index contributed by atoms with van der Waals surface area (Å²) in [4.78, 5) is 35.5. The number of amides is 2. The molecule has 5 atom stereocenters. The molecule has 5 rings (SSSR count). The van der Waals surface area contributed by atoms with Gasteiger partial charge >= 0.3 is 12.2 Å². The number of unbranched alkanes of at least 4 members (excludes halogenated alkanes) is 2. The van der Waals surface area contributed by atoms with Crippen LogP contribution in [0.3, 0.4) is 0 Å². The summed E-state index contributed by atoms with van der Waals surface area (Å²) in [5.41, 5.74) is 1.23. The highest BCUT2D eigenvalue weighted by molar-refractivity contribution is 5.95. The Balaban J connectivity index is 0.000000217. The fraction of sp³-hybridized carbons (Fsp3) is 0.417. The van der Waals surface area contributed by atoms with Gasteiger partial charge in [0.15, 0.2) is 17.7 Å². The first-order valence-electron chi connectivity index (χ1n) is 16.2. The molecule has 0 aliphatic carbocycles. The van der Waals surface area contributed by atoms with E-state index in [0.717, 1.165) is 37.9 Å². The first-order chi connectivity index (χ1) is 23.2. The van der Waals surface area contributed by atoms with Crippen molar-refractivity contribution in [2.75, 3.05) is 23.8 Å². The summed E-state index contributed by atoms with van der Waals surface area (Å²) in [5, 5.41) is 25.2. The molecule has 0 saturated carbocycles.